The molecule has 0 aliphatic heterocycles. The first-order valence-electron chi connectivity index (χ1n) is 20.6. The lowest BCUT2D eigenvalue weighted by atomic mass is 9.88. The van der Waals surface area contributed by atoms with Gasteiger partial charge in [-0.05, 0) is 149 Å². The van der Waals surface area contributed by atoms with Crippen LogP contribution < -0.4 is 9.47 Å². The summed E-state index contributed by atoms with van der Waals surface area (Å²) in [6.07, 6.45) is 30.1. The van der Waals surface area contributed by atoms with Crippen LogP contribution in [0, 0.1) is 11.8 Å². The second-order valence-electron chi connectivity index (χ2n) is 14.8. The van der Waals surface area contributed by atoms with Crippen molar-refractivity contribution in [2.24, 2.45) is 11.8 Å². The zero-order valence-corrected chi connectivity index (χ0v) is 33.0. The molecule has 0 saturated heterocycles. The average molecular weight is 759 g/mol. The number of unbranched alkanes of at least 4 members (excludes halogenated alkanes) is 7. The highest BCUT2D eigenvalue weighted by Crippen LogP contribution is 2.29. The molecule has 2 aliphatic rings. The largest absolute Gasteiger partial charge is 0.493 e. The number of ether oxygens (including phenoxy) is 4. The van der Waals surface area contributed by atoms with Crippen LogP contribution in [0.15, 0.2) is 86.0 Å². The number of carboxylic acids is 2. The van der Waals surface area contributed by atoms with Gasteiger partial charge in [-0.25, -0.2) is 9.59 Å². The predicted molar refractivity (Wildman–Crippen MR) is 223 cm³/mol. The van der Waals surface area contributed by atoms with Crippen molar-refractivity contribution in [1.82, 2.24) is 0 Å². The Kier molecular flexibility index (Phi) is 23.3. The maximum absolute atomic E-state index is 10.5. The fraction of sp³-hybridized carbons (Fsp3) is 0.532. The standard InChI is InChI=1S/C24H34O4.C23H32O4/c1-2-3-4-5-6-7-18-27-22-15-10-21(11-16-22)19-28-23-13-8-20(9-14-23)12-17-24(25)26;1-2-3-4-5-6-17-26-21-14-9-20(10-15-21)18-27-22-12-7-19(8-13-22)11-16-23(24)25/h2,8-9,12-14,17,21-22H,1,3-7,10-11,15-16,18-19H2,(H,25,26);2,7-8,11-13,16,20-21H,1,3-6,9-10,14-15,17-18H2,(H,24,25)/b17-12+;16-11+. The summed E-state index contributed by atoms with van der Waals surface area (Å²) in [6, 6.07) is 15.1. The highest BCUT2D eigenvalue weighted by atomic mass is 16.5. The topological polar surface area (TPSA) is 112 Å². The normalized spacial score (nSPS) is 19.7. The molecular weight excluding hydrogens is 693 g/mol. The number of aliphatic carboxylic acids is 2. The van der Waals surface area contributed by atoms with E-state index in [1.165, 1.54) is 32.1 Å². The molecule has 0 atom stereocenters. The van der Waals surface area contributed by atoms with E-state index in [4.69, 9.17) is 29.2 Å². The van der Waals surface area contributed by atoms with E-state index in [2.05, 4.69) is 13.2 Å². The van der Waals surface area contributed by atoms with E-state index < -0.39 is 11.9 Å². The number of rotatable bonds is 25. The van der Waals surface area contributed by atoms with Crippen molar-refractivity contribution in [3.8, 4) is 11.5 Å². The number of hydrogen-bond acceptors (Lipinski definition) is 6. The van der Waals surface area contributed by atoms with Crippen LogP contribution in [0.25, 0.3) is 12.2 Å². The molecule has 0 amide bonds. The SMILES string of the molecule is C=CCCCCCCOC1CCC(COc2ccc(/C=C/C(=O)O)cc2)CC1.C=CCCCCCOC1CCC(COc2ccc(/C=C/C(=O)O)cc2)CC1. The number of benzene rings is 2. The van der Waals surface area contributed by atoms with Crippen molar-refractivity contribution in [2.75, 3.05) is 26.4 Å². The van der Waals surface area contributed by atoms with Gasteiger partial charge in [0.1, 0.15) is 11.5 Å². The third-order valence-corrected chi connectivity index (χ3v) is 10.2. The minimum Gasteiger partial charge on any atom is -0.493 e. The molecule has 2 saturated carbocycles. The molecule has 2 N–H and O–H groups in total. The van der Waals surface area contributed by atoms with Crippen molar-refractivity contribution < 1.29 is 38.7 Å². The summed E-state index contributed by atoms with van der Waals surface area (Å²) in [5.41, 5.74) is 1.71. The van der Waals surface area contributed by atoms with Crippen LogP contribution in [0.3, 0.4) is 0 Å². The monoisotopic (exact) mass is 758 g/mol. The van der Waals surface area contributed by atoms with Gasteiger partial charge >= 0.3 is 11.9 Å². The molecule has 55 heavy (non-hydrogen) atoms. The number of allylic oxidation sites excluding steroid dienone is 2. The fourth-order valence-electron chi connectivity index (χ4n) is 6.86. The van der Waals surface area contributed by atoms with Gasteiger partial charge in [-0.2, -0.15) is 0 Å². The molecule has 0 aromatic heterocycles. The Morgan fingerprint density at radius 3 is 1.27 bits per heavy atom. The molecule has 2 aliphatic carbocycles. The van der Waals surface area contributed by atoms with Crippen LogP contribution in [0.5, 0.6) is 11.5 Å². The lowest BCUT2D eigenvalue weighted by Gasteiger charge is -2.28. The quantitative estimate of drug-likeness (QED) is 0.0585. The third-order valence-electron chi connectivity index (χ3n) is 10.2. The fourth-order valence-corrected chi connectivity index (χ4v) is 6.86. The second-order valence-corrected chi connectivity index (χ2v) is 14.8. The Hall–Kier alpha value is -4.14. The van der Waals surface area contributed by atoms with Crippen LogP contribution in [-0.4, -0.2) is 60.8 Å². The van der Waals surface area contributed by atoms with Crippen molar-refractivity contribution in [1.29, 1.82) is 0 Å². The molecular formula is C47H66O8. The first-order chi connectivity index (χ1) is 26.8. The molecule has 2 aromatic rings. The van der Waals surface area contributed by atoms with E-state index in [1.54, 1.807) is 12.2 Å². The van der Waals surface area contributed by atoms with Crippen molar-refractivity contribution >= 4 is 24.1 Å². The summed E-state index contributed by atoms with van der Waals surface area (Å²) in [5, 5.41) is 17.3. The first kappa shape index (κ1) is 45.3. The van der Waals surface area contributed by atoms with E-state index in [-0.39, 0.29) is 0 Å². The van der Waals surface area contributed by atoms with Gasteiger partial charge in [-0.1, -0.05) is 55.7 Å². The van der Waals surface area contributed by atoms with Crippen molar-refractivity contribution in [3.05, 3.63) is 97.1 Å². The molecule has 2 fully saturated rings. The van der Waals surface area contributed by atoms with Gasteiger partial charge in [0.15, 0.2) is 0 Å². The molecule has 2 aromatic carbocycles. The first-order valence-corrected chi connectivity index (χ1v) is 20.6. The highest BCUT2D eigenvalue weighted by Gasteiger charge is 2.23. The molecule has 8 heteroatoms. The van der Waals surface area contributed by atoms with Gasteiger partial charge in [-0.15, -0.1) is 13.2 Å². The molecule has 8 nitrogen and oxygen atoms in total. The van der Waals surface area contributed by atoms with Gasteiger partial charge in [0, 0.05) is 25.4 Å². The minimum atomic E-state index is -0.942. The van der Waals surface area contributed by atoms with Crippen molar-refractivity contribution in [2.45, 2.75) is 121 Å². The zero-order valence-electron chi connectivity index (χ0n) is 33.0. The van der Waals surface area contributed by atoms with Crippen molar-refractivity contribution in [3.63, 3.8) is 0 Å². The summed E-state index contributed by atoms with van der Waals surface area (Å²) in [4.78, 5) is 21.1. The molecule has 0 heterocycles. The predicted octanol–water partition coefficient (Wildman–Crippen LogP) is 11.4. The molecule has 302 valence electrons. The Labute approximate surface area is 330 Å². The smallest absolute Gasteiger partial charge is 0.328 e. The third kappa shape index (κ3) is 21.5. The molecule has 4 rings (SSSR count). The van der Waals surface area contributed by atoms with Gasteiger partial charge in [0.25, 0.3) is 0 Å². The minimum absolute atomic E-state index is 0.418. The summed E-state index contributed by atoms with van der Waals surface area (Å²) in [6.45, 7) is 10.7. The Bertz CT molecular complexity index is 1400. The molecule has 0 radical (unpaired) electrons. The van der Waals surface area contributed by atoms with Gasteiger partial charge < -0.3 is 29.2 Å². The summed E-state index contributed by atoms with van der Waals surface area (Å²) >= 11 is 0. The lowest BCUT2D eigenvalue weighted by molar-refractivity contribution is -0.132. The van der Waals surface area contributed by atoms with E-state index in [0.29, 0.717) is 24.0 Å². The van der Waals surface area contributed by atoms with Gasteiger partial charge in [0.2, 0.25) is 0 Å². The summed E-state index contributed by atoms with van der Waals surface area (Å²) < 4.78 is 23.9. The van der Waals surface area contributed by atoms with Crippen LogP contribution >= 0.6 is 0 Å². The second kappa shape index (κ2) is 28.3. The van der Waals surface area contributed by atoms with E-state index in [0.717, 1.165) is 138 Å². The van der Waals surface area contributed by atoms with E-state index in [9.17, 15) is 9.59 Å². The van der Waals surface area contributed by atoms with Crippen LogP contribution in [0.1, 0.15) is 120 Å². The van der Waals surface area contributed by atoms with Crippen LogP contribution in [-0.2, 0) is 19.1 Å². The molecule has 0 spiro atoms. The lowest BCUT2D eigenvalue weighted by Crippen LogP contribution is -2.25. The zero-order chi connectivity index (χ0) is 39.4. The van der Waals surface area contributed by atoms with Gasteiger partial charge in [-0.3, -0.25) is 0 Å². The van der Waals surface area contributed by atoms with E-state index in [1.807, 2.05) is 60.7 Å². The van der Waals surface area contributed by atoms with Crippen LogP contribution in [0.4, 0.5) is 0 Å². The number of carbonyl (C=O) groups is 2. The number of carboxylic acid groups (broad SMARTS) is 2. The maximum atomic E-state index is 10.5. The van der Waals surface area contributed by atoms with E-state index >= 15 is 0 Å². The molecule has 0 bridgehead atoms. The number of hydrogen-bond donors (Lipinski definition) is 2. The maximum Gasteiger partial charge on any atom is 0.328 e. The highest BCUT2D eigenvalue weighted by molar-refractivity contribution is 5.85. The summed E-state index contributed by atoms with van der Waals surface area (Å²) in [7, 11) is 0. The van der Waals surface area contributed by atoms with Crippen LogP contribution in [0.2, 0.25) is 0 Å². The average Bonchev–Trinajstić information content (AvgIpc) is 3.20. The Morgan fingerprint density at radius 1 is 0.545 bits per heavy atom. The van der Waals surface area contributed by atoms with Gasteiger partial charge in [0.05, 0.1) is 25.4 Å². The molecule has 0 unspecified atom stereocenters. The Morgan fingerprint density at radius 2 is 0.909 bits per heavy atom. The summed E-state index contributed by atoms with van der Waals surface area (Å²) in [5.74, 6) is 0.961. The Balaban J connectivity index is 0.000000296.